The van der Waals surface area contributed by atoms with Crippen molar-refractivity contribution in [2.24, 2.45) is 0 Å². The molecule has 0 aliphatic carbocycles. The smallest absolute Gasteiger partial charge is 0.122 e. The van der Waals surface area contributed by atoms with E-state index in [2.05, 4.69) is 22.2 Å². The van der Waals surface area contributed by atoms with Crippen molar-refractivity contribution in [3.05, 3.63) is 53.1 Å². The number of nitrogens with one attached hydrogen (secondary N) is 1. The zero-order valence-electron chi connectivity index (χ0n) is 11.6. The molecule has 1 heterocycles. The molecule has 1 aromatic carbocycles. The van der Waals surface area contributed by atoms with Gasteiger partial charge in [-0.3, -0.25) is 0 Å². The molecule has 2 rings (SSSR count). The lowest BCUT2D eigenvalue weighted by molar-refractivity contribution is 0.405. The van der Waals surface area contributed by atoms with Crippen molar-refractivity contribution in [2.75, 3.05) is 13.7 Å². The summed E-state index contributed by atoms with van der Waals surface area (Å²) in [6.45, 7) is 2.93. The summed E-state index contributed by atoms with van der Waals surface area (Å²) >= 11 is 6.08. The van der Waals surface area contributed by atoms with Gasteiger partial charge in [-0.25, -0.2) is 9.97 Å². The number of hydrogen-bond donors (Lipinski definition) is 1. The van der Waals surface area contributed by atoms with Crippen molar-refractivity contribution in [1.82, 2.24) is 15.3 Å². The highest BCUT2D eigenvalue weighted by molar-refractivity contribution is 6.30. The molecule has 1 unspecified atom stereocenters. The van der Waals surface area contributed by atoms with Crippen LogP contribution in [0.1, 0.15) is 24.2 Å². The molecule has 0 fully saturated rings. The Balaban J connectivity index is 2.26. The van der Waals surface area contributed by atoms with Crippen LogP contribution < -0.4 is 10.1 Å². The summed E-state index contributed by atoms with van der Waals surface area (Å²) in [5, 5.41) is 4.14. The van der Waals surface area contributed by atoms with E-state index in [1.807, 2.05) is 24.3 Å². The van der Waals surface area contributed by atoms with E-state index < -0.39 is 0 Å². The van der Waals surface area contributed by atoms with Gasteiger partial charge in [0.05, 0.1) is 18.8 Å². The third-order valence-electron chi connectivity index (χ3n) is 3.08. The maximum absolute atomic E-state index is 6.08. The van der Waals surface area contributed by atoms with E-state index in [9.17, 15) is 0 Å². The second-order valence-electron chi connectivity index (χ2n) is 4.40. The van der Waals surface area contributed by atoms with Gasteiger partial charge in [0.2, 0.25) is 0 Å². The minimum atomic E-state index is 0.107. The Morgan fingerprint density at radius 3 is 2.85 bits per heavy atom. The second-order valence-corrected chi connectivity index (χ2v) is 4.84. The average Bonchev–Trinajstić information content (AvgIpc) is 2.48. The Bertz CT molecular complexity index is 548. The third-order valence-corrected chi connectivity index (χ3v) is 3.31. The van der Waals surface area contributed by atoms with E-state index in [0.29, 0.717) is 5.02 Å². The molecule has 1 atom stereocenters. The highest BCUT2D eigenvalue weighted by atomic mass is 35.5. The predicted octanol–water partition coefficient (Wildman–Crippen LogP) is 3.03. The summed E-state index contributed by atoms with van der Waals surface area (Å²) < 4.78 is 5.40. The molecule has 0 spiro atoms. The Labute approximate surface area is 124 Å². The molecule has 0 radical (unpaired) electrons. The summed E-state index contributed by atoms with van der Waals surface area (Å²) in [4.78, 5) is 8.28. The number of ether oxygens (including phenoxy) is 1. The summed E-state index contributed by atoms with van der Waals surface area (Å²) in [6, 6.07) is 7.68. The Hall–Kier alpha value is -1.65. The summed E-state index contributed by atoms with van der Waals surface area (Å²) in [5.41, 5.74) is 2.02. The van der Waals surface area contributed by atoms with E-state index in [0.717, 1.165) is 30.0 Å². The fourth-order valence-electron chi connectivity index (χ4n) is 2.16. The van der Waals surface area contributed by atoms with Crippen molar-refractivity contribution in [3.63, 3.8) is 0 Å². The molecular weight excluding hydrogens is 274 g/mol. The number of methoxy groups -OCH3 is 1. The molecule has 0 aliphatic heterocycles. The van der Waals surface area contributed by atoms with Crippen molar-refractivity contribution in [3.8, 4) is 5.75 Å². The van der Waals surface area contributed by atoms with Crippen LogP contribution in [0.3, 0.4) is 0 Å². The van der Waals surface area contributed by atoms with E-state index in [1.54, 1.807) is 19.6 Å². The van der Waals surface area contributed by atoms with Gasteiger partial charge in [0.1, 0.15) is 12.1 Å². The molecule has 0 saturated carbocycles. The topological polar surface area (TPSA) is 47.0 Å². The Kier molecular flexibility index (Phi) is 5.32. The molecule has 20 heavy (non-hydrogen) atoms. The maximum atomic E-state index is 6.08. The zero-order chi connectivity index (χ0) is 14.4. The molecule has 1 N–H and O–H groups in total. The first-order chi connectivity index (χ1) is 9.74. The van der Waals surface area contributed by atoms with Crippen molar-refractivity contribution >= 4 is 11.6 Å². The molecular formula is C15H18ClN3O. The Morgan fingerprint density at radius 2 is 2.20 bits per heavy atom. The molecule has 5 heteroatoms. The fourth-order valence-corrected chi connectivity index (χ4v) is 2.36. The molecule has 106 valence electrons. The lowest BCUT2D eigenvalue weighted by Crippen LogP contribution is -2.24. The number of hydrogen-bond acceptors (Lipinski definition) is 4. The van der Waals surface area contributed by atoms with E-state index >= 15 is 0 Å². The minimum absolute atomic E-state index is 0.107. The van der Waals surface area contributed by atoms with Gasteiger partial charge < -0.3 is 10.1 Å². The normalized spacial score (nSPS) is 12.2. The van der Waals surface area contributed by atoms with Crippen molar-refractivity contribution in [1.29, 1.82) is 0 Å². The van der Waals surface area contributed by atoms with Crippen LogP contribution >= 0.6 is 11.6 Å². The van der Waals surface area contributed by atoms with Gasteiger partial charge in [0.25, 0.3) is 0 Å². The van der Waals surface area contributed by atoms with Crippen molar-refractivity contribution in [2.45, 2.75) is 19.4 Å². The summed E-state index contributed by atoms with van der Waals surface area (Å²) in [5.74, 6) is 0.839. The number of benzene rings is 1. The van der Waals surface area contributed by atoms with Crippen molar-refractivity contribution < 1.29 is 4.74 Å². The predicted molar refractivity (Wildman–Crippen MR) is 80.2 cm³/mol. The largest absolute Gasteiger partial charge is 0.496 e. The highest BCUT2D eigenvalue weighted by Gasteiger charge is 2.15. The van der Waals surface area contributed by atoms with Crippen LogP contribution in [0.5, 0.6) is 5.75 Å². The van der Waals surface area contributed by atoms with Crippen LogP contribution in [-0.4, -0.2) is 23.6 Å². The van der Waals surface area contributed by atoms with E-state index in [-0.39, 0.29) is 6.04 Å². The number of aromatic nitrogens is 2. The van der Waals surface area contributed by atoms with Crippen LogP contribution in [0.25, 0.3) is 0 Å². The molecule has 0 bridgehead atoms. The lowest BCUT2D eigenvalue weighted by Gasteiger charge is -2.19. The van der Waals surface area contributed by atoms with E-state index in [1.165, 1.54) is 0 Å². The standard InChI is InChI=1S/C15H18ClN3O/c1-3-18-14(13-6-7-17-10-19-13)9-11-8-12(16)4-5-15(11)20-2/h4-8,10,14,18H,3,9H2,1-2H3. The summed E-state index contributed by atoms with van der Waals surface area (Å²) in [6.07, 6.45) is 4.07. The number of rotatable bonds is 6. The molecule has 2 aromatic rings. The van der Waals surface area contributed by atoms with Crippen LogP contribution in [0.2, 0.25) is 5.02 Å². The molecule has 0 aliphatic rings. The Morgan fingerprint density at radius 1 is 1.35 bits per heavy atom. The van der Waals surface area contributed by atoms with Gasteiger partial charge in [-0.2, -0.15) is 0 Å². The molecule has 0 saturated heterocycles. The summed E-state index contributed by atoms with van der Waals surface area (Å²) in [7, 11) is 1.67. The average molecular weight is 292 g/mol. The van der Waals surface area contributed by atoms with Gasteiger partial charge in [0.15, 0.2) is 0 Å². The maximum Gasteiger partial charge on any atom is 0.122 e. The SMILES string of the molecule is CCNC(Cc1cc(Cl)ccc1OC)c1ccncn1. The first-order valence-corrected chi connectivity index (χ1v) is 6.94. The fraction of sp³-hybridized carbons (Fsp3) is 0.333. The van der Waals surface area contributed by atoms with Gasteiger partial charge in [-0.15, -0.1) is 0 Å². The lowest BCUT2D eigenvalue weighted by atomic mass is 10.0. The van der Waals surface area contributed by atoms with Crippen LogP contribution in [0, 0.1) is 0 Å². The third kappa shape index (κ3) is 3.68. The minimum Gasteiger partial charge on any atom is -0.496 e. The van der Waals surface area contributed by atoms with Gasteiger partial charge in [-0.1, -0.05) is 18.5 Å². The number of nitrogens with zero attached hydrogens (tertiary/aromatic N) is 2. The van der Waals surface area contributed by atoms with Crippen LogP contribution in [0.15, 0.2) is 36.8 Å². The van der Waals surface area contributed by atoms with E-state index in [4.69, 9.17) is 16.3 Å². The van der Waals surface area contributed by atoms with Crippen LogP contribution in [-0.2, 0) is 6.42 Å². The number of likely N-dealkylation sites (N-methyl/N-ethyl adjacent to an activating group) is 1. The first-order valence-electron chi connectivity index (χ1n) is 6.56. The quantitative estimate of drug-likeness (QED) is 0.889. The van der Waals surface area contributed by atoms with Gasteiger partial charge in [-0.05, 0) is 42.8 Å². The first kappa shape index (κ1) is 14.8. The van der Waals surface area contributed by atoms with Gasteiger partial charge in [0, 0.05) is 11.2 Å². The number of halogens is 1. The van der Waals surface area contributed by atoms with Gasteiger partial charge >= 0.3 is 0 Å². The highest BCUT2D eigenvalue weighted by Crippen LogP contribution is 2.27. The zero-order valence-corrected chi connectivity index (χ0v) is 12.4. The second kappa shape index (κ2) is 7.22. The molecule has 4 nitrogen and oxygen atoms in total. The molecule has 1 aromatic heterocycles. The van der Waals surface area contributed by atoms with Crippen LogP contribution in [0.4, 0.5) is 0 Å². The molecule has 0 amide bonds. The monoisotopic (exact) mass is 291 g/mol.